The number of hydrogen-bond acceptors (Lipinski definition) is 4. The molecule has 8 heteroatoms. The zero-order valence-corrected chi connectivity index (χ0v) is 13.7. The van der Waals surface area contributed by atoms with E-state index in [1.807, 2.05) is 10.5 Å². The summed E-state index contributed by atoms with van der Waals surface area (Å²) < 4.78 is 3.35. The lowest BCUT2D eigenvalue weighted by Crippen LogP contribution is -2.32. The lowest BCUT2D eigenvalue weighted by Gasteiger charge is -2.07. The summed E-state index contributed by atoms with van der Waals surface area (Å²) >= 11 is 0. The smallest absolute Gasteiger partial charge is 0.269 e. The van der Waals surface area contributed by atoms with Crippen LogP contribution < -0.4 is 10.6 Å². The van der Waals surface area contributed by atoms with Crippen LogP contribution in [0.4, 0.5) is 0 Å². The monoisotopic (exact) mass is 338 g/mol. The van der Waals surface area contributed by atoms with Gasteiger partial charge in [-0.25, -0.2) is 4.98 Å². The van der Waals surface area contributed by atoms with Crippen molar-refractivity contribution < 1.29 is 9.59 Å². The van der Waals surface area contributed by atoms with Crippen LogP contribution in [0.15, 0.2) is 43.1 Å². The molecule has 2 N–H and O–H groups in total. The Balaban J connectivity index is 1.29. The number of carbonyl (C=O) groups is 2. The summed E-state index contributed by atoms with van der Waals surface area (Å²) in [7, 11) is 1.73. The Morgan fingerprint density at radius 3 is 2.96 bits per heavy atom. The van der Waals surface area contributed by atoms with E-state index in [0.29, 0.717) is 17.8 Å². The first-order valence-electron chi connectivity index (χ1n) is 8.10. The molecule has 3 heterocycles. The number of fused-ring (bicyclic) bond motifs is 1. The fourth-order valence-corrected chi connectivity index (χ4v) is 2.87. The van der Waals surface area contributed by atoms with E-state index in [1.165, 1.54) is 4.68 Å². The van der Waals surface area contributed by atoms with Gasteiger partial charge < -0.3 is 15.0 Å². The molecule has 1 aliphatic rings. The minimum Gasteiger partial charge on any atom is -0.350 e. The van der Waals surface area contributed by atoms with E-state index < -0.39 is 0 Å². The van der Waals surface area contributed by atoms with Crippen molar-refractivity contribution in [2.75, 3.05) is 6.54 Å². The molecule has 128 valence electrons. The minimum absolute atomic E-state index is 0.0952. The van der Waals surface area contributed by atoms with Gasteiger partial charge >= 0.3 is 0 Å². The van der Waals surface area contributed by atoms with Crippen LogP contribution in [0.1, 0.15) is 27.3 Å². The van der Waals surface area contributed by atoms with Gasteiger partial charge in [-0.3, -0.25) is 14.3 Å². The number of carbonyl (C=O) groups excluding carboxylic acids is 2. The zero-order valence-electron chi connectivity index (χ0n) is 13.7. The summed E-state index contributed by atoms with van der Waals surface area (Å²) in [5.41, 5.74) is 2.06. The summed E-state index contributed by atoms with van der Waals surface area (Å²) in [6, 6.07) is 5.42. The van der Waals surface area contributed by atoms with Gasteiger partial charge in [0.1, 0.15) is 5.69 Å². The predicted molar refractivity (Wildman–Crippen MR) is 90.1 cm³/mol. The van der Waals surface area contributed by atoms with Crippen molar-refractivity contribution in [3.8, 4) is 0 Å². The average Bonchev–Trinajstić information content (AvgIpc) is 2.98. The number of aromatic nitrogens is 4. The molecule has 0 unspecified atom stereocenters. The van der Waals surface area contributed by atoms with Crippen LogP contribution in [0, 0.1) is 5.92 Å². The second kappa shape index (κ2) is 6.04. The van der Waals surface area contributed by atoms with Gasteiger partial charge in [0.15, 0.2) is 0 Å². The van der Waals surface area contributed by atoms with Gasteiger partial charge in [0, 0.05) is 32.0 Å². The molecule has 1 aliphatic carbocycles. The predicted octanol–water partition coefficient (Wildman–Crippen LogP) is 0.616. The Kier molecular flexibility index (Phi) is 3.72. The van der Waals surface area contributed by atoms with E-state index in [4.69, 9.17) is 0 Å². The summed E-state index contributed by atoms with van der Waals surface area (Å²) in [5.74, 6) is 0.00157. The van der Waals surface area contributed by atoms with E-state index in [2.05, 4.69) is 20.7 Å². The van der Waals surface area contributed by atoms with Crippen molar-refractivity contribution in [3.63, 3.8) is 0 Å². The summed E-state index contributed by atoms with van der Waals surface area (Å²) in [6.07, 6.45) is 7.62. The Morgan fingerprint density at radius 1 is 1.28 bits per heavy atom. The second-order valence-corrected chi connectivity index (χ2v) is 6.27. The van der Waals surface area contributed by atoms with Crippen molar-refractivity contribution in [2.45, 2.75) is 12.5 Å². The fraction of sp³-hybridized carbons (Fsp3) is 0.294. The summed E-state index contributed by atoms with van der Waals surface area (Å²) in [4.78, 5) is 28.4. The Labute approximate surface area is 143 Å². The quantitative estimate of drug-likeness (QED) is 0.713. The average molecular weight is 338 g/mol. The molecule has 2 atom stereocenters. The van der Waals surface area contributed by atoms with Crippen LogP contribution in [0.2, 0.25) is 0 Å². The molecule has 0 saturated heterocycles. The molecule has 0 bridgehead atoms. The maximum absolute atomic E-state index is 12.3. The van der Waals surface area contributed by atoms with Crippen LogP contribution in [0.5, 0.6) is 0 Å². The molecule has 0 aromatic carbocycles. The molecular formula is C17H18N6O2. The lowest BCUT2D eigenvalue weighted by molar-refractivity contribution is 0.0942. The number of hydrogen-bond donors (Lipinski definition) is 2. The highest BCUT2D eigenvalue weighted by molar-refractivity contribution is 5.95. The van der Waals surface area contributed by atoms with Crippen LogP contribution in [0.3, 0.4) is 0 Å². The Morgan fingerprint density at radius 2 is 2.16 bits per heavy atom. The van der Waals surface area contributed by atoms with Crippen molar-refractivity contribution in [2.24, 2.45) is 13.0 Å². The van der Waals surface area contributed by atoms with Crippen LogP contribution in [-0.2, 0) is 7.05 Å². The molecule has 25 heavy (non-hydrogen) atoms. The molecule has 1 fully saturated rings. The highest BCUT2D eigenvalue weighted by atomic mass is 16.2. The second-order valence-electron chi connectivity index (χ2n) is 6.27. The van der Waals surface area contributed by atoms with Gasteiger partial charge in [-0.1, -0.05) is 0 Å². The first kappa shape index (κ1) is 15.4. The van der Waals surface area contributed by atoms with E-state index >= 15 is 0 Å². The summed E-state index contributed by atoms with van der Waals surface area (Å²) in [6.45, 7) is 0.537. The lowest BCUT2D eigenvalue weighted by atomic mass is 10.2. The first-order chi connectivity index (χ1) is 12.1. The number of amides is 2. The van der Waals surface area contributed by atoms with Crippen LogP contribution in [-0.4, -0.2) is 43.6 Å². The molecule has 0 radical (unpaired) electrons. The van der Waals surface area contributed by atoms with E-state index in [-0.39, 0.29) is 23.8 Å². The SMILES string of the molecule is Cn1nccc1C(=O)NC[C@@H]1C[C@@H]1NC(=O)c1ccc2cncn2c1. The van der Waals surface area contributed by atoms with Crippen molar-refractivity contribution in [3.05, 3.63) is 54.4 Å². The molecule has 8 nitrogen and oxygen atoms in total. The number of imidazole rings is 1. The first-order valence-corrected chi connectivity index (χ1v) is 8.10. The topological polar surface area (TPSA) is 93.3 Å². The maximum atomic E-state index is 12.3. The third kappa shape index (κ3) is 3.10. The van der Waals surface area contributed by atoms with Gasteiger partial charge in [-0.15, -0.1) is 0 Å². The van der Waals surface area contributed by atoms with Crippen molar-refractivity contribution in [1.29, 1.82) is 0 Å². The Hall–Kier alpha value is -3.16. The number of aryl methyl sites for hydroxylation is 1. The standard InChI is InChI=1S/C17H18N6O2/c1-22-15(4-5-20-22)17(25)19-7-12-6-14(12)21-16(24)11-2-3-13-8-18-10-23(13)9-11/h2-5,8-10,12,14H,6-7H2,1H3,(H,19,25)(H,21,24)/t12-,14-/m0/s1. The van der Waals surface area contributed by atoms with Crippen LogP contribution >= 0.6 is 0 Å². The van der Waals surface area contributed by atoms with E-state index in [1.54, 1.807) is 44.1 Å². The molecule has 3 aromatic heterocycles. The number of pyridine rings is 1. The van der Waals surface area contributed by atoms with Gasteiger partial charge in [-0.05, 0) is 30.5 Å². The van der Waals surface area contributed by atoms with Gasteiger partial charge in [0.25, 0.3) is 11.8 Å². The normalized spacial score (nSPS) is 18.9. The number of rotatable bonds is 5. The van der Waals surface area contributed by atoms with Crippen LogP contribution in [0.25, 0.3) is 5.52 Å². The van der Waals surface area contributed by atoms with E-state index in [0.717, 1.165) is 11.9 Å². The molecule has 1 saturated carbocycles. The molecule has 2 amide bonds. The molecule has 0 aliphatic heterocycles. The third-order valence-electron chi connectivity index (χ3n) is 4.49. The zero-order chi connectivity index (χ0) is 17.4. The fourth-order valence-electron chi connectivity index (χ4n) is 2.87. The van der Waals surface area contributed by atoms with Gasteiger partial charge in [0.2, 0.25) is 0 Å². The highest BCUT2D eigenvalue weighted by Gasteiger charge is 2.38. The molecule has 4 rings (SSSR count). The maximum Gasteiger partial charge on any atom is 0.269 e. The Bertz CT molecular complexity index is 943. The summed E-state index contributed by atoms with van der Waals surface area (Å²) in [5, 5.41) is 9.87. The van der Waals surface area contributed by atoms with Gasteiger partial charge in [-0.2, -0.15) is 5.10 Å². The molecule has 3 aromatic rings. The van der Waals surface area contributed by atoms with Gasteiger partial charge in [0.05, 0.1) is 23.6 Å². The van der Waals surface area contributed by atoms with Crippen molar-refractivity contribution >= 4 is 17.3 Å². The number of nitrogens with one attached hydrogen (secondary N) is 2. The minimum atomic E-state index is -0.150. The highest BCUT2D eigenvalue weighted by Crippen LogP contribution is 2.29. The number of nitrogens with zero attached hydrogens (tertiary/aromatic N) is 4. The van der Waals surface area contributed by atoms with E-state index in [9.17, 15) is 9.59 Å². The molecule has 0 spiro atoms. The largest absolute Gasteiger partial charge is 0.350 e. The van der Waals surface area contributed by atoms with Crippen molar-refractivity contribution in [1.82, 2.24) is 29.8 Å². The molecular weight excluding hydrogens is 320 g/mol. The third-order valence-corrected chi connectivity index (χ3v) is 4.49.